The van der Waals surface area contributed by atoms with Gasteiger partial charge in [-0.15, -0.1) is 5.10 Å². The standard InChI is InChI=1S/C24H19F2N3O5/c1-32-18-10-7-15(8-11-18)19-13-17(9-12-20(19)33-23(25)26)27-21(30)14-29-24(31)34-22(28-29)16-5-3-2-4-6-16/h2-13,23H,14H2,1H3,(H,27,30). The Morgan fingerprint density at radius 2 is 1.79 bits per heavy atom. The van der Waals surface area contributed by atoms with Gasteiger partial charge in [0.25, 0.3) is 0 Å². The number of anilines is 1. The molecule has 0 radical (unpaired) electrons. The van der Waals surface area contributed by atoms with E-state index in [4.69, 9.17) is 9.15 Å². The third kappa shape index (κ3) is 5.29. The van der Waals surface area contributed by atoms with E-state index in [2.05, 4.69) is 15.2 Å². The summed E-state index contributed by atoms with van der Waals surface area (Å²) in [6.45, 7) is -3.42. The van der Waals surface area contributed by atoms with Crippen LogP contribution in [0, 0.1) is 0 Å². The van der Waals surface area contributed by atoms with Gasteiger partial charge >= 0.3 is 12.4 Å². The molecule has 0 aliphatic carbocycles. The van der Waals surface area contributed by atoms with Crippen molar-refractivity contribution in [3.63, 3.8) is 0 Å². The molecule has 4 rings (SSSR count). The number of halogens is 2. The molecule has 0 bridgehead atoms. The molecular weight excluding hydrogens is 448 g/mol. The summed E-state index contributed by atoms with van der Waals surface area (Å²) in [5.41, 5.74) is 1.83. The van der Waals surface area contributed by atoms with Crippen LogP contribution in [0.15, 0.2) is 82.0 Å². The second-order valence-electron chi connectivity index (χ2n) is 7.06. The number of nitrogens with one attached hydrogen (secondary N) is 1. The number of aromatic nitrogens is 2. The molecule has 0 aliphatic heterocycles. The summed E-state index contributed by atoms with van der Waals surface area (Å²) >= 11 is 0. The van der Waals surface area contributed by atoms with Gasteiger partial charge in [0.05, 0.1) is 7.11 Å². The van der Waals surface area contributed by atoms with E-state index in [-0.39, 0.29) is 11.6 Å². The molecule has 0 saturated heterocycles. The van der Waals surface area contributed by atoms with E-state index in [0.29, 0.717) is 28.1 Å². The number of rotatable bonds is 8. The largest absolute Gasteiger partial charge is 0.497 e. The summed E-state index contributed by atoms with van der Waals surface area (Å²) in [5.74, 6) is -0.712. The minimum Gasteiger partial charge on any atom is -0.497 e. The lowest BCUT2D eigenvalue weighted by Crippen LogP contribution is -2.25. The Morgan fingerprint density at radius 1 is 1.06 bits per heavy atom. The zero-order chi connectivity index (χ0) is 24.1. The van der Waals surface area contributed by atoms with E-state index in [0.717, 1.165) is 4.68 Å². The molecule has 1 amide bonds. The van der Waals surface area contributed by atoms with E-state index in [1.165, 1.54) is 25.3 Å². The maximum Gasteiger partial charge on any atom is 0.437 e. The second-order valence-corrected chi connectivity index (χ2v) is 7.06. The van der Waals surface area contributed by atoms with Crippen molar-refractivity contribution >= 4 is 11.6 Å². The third-order valence-electron chi connectivity index (χ3n) is 4.80. The van der Waals surface area contributed by atoms with Crippen LogP contribution in [0.1, 0.15) is 0 Å². The number of ether oxygens (including phenoxy) is 2. The molecule has 0 spiro atoms. The molecule has 0 saturated carbocycles. The van der Waals surface area contributed by atoms with Crippen LogP contribution in [0.2, 0.25) is 0 Å². The van der Waals surface area contributed by atoms with E-state index < -0.39 is 24.8 Å². The van der Waals surface area contributed by atoms with Gasteiger partial charge in [-0.25, -0.2) is 4.79 Å². The molecule has 3 aromatic carbocycles. The number of alkyl halides is 2. The lowest BCUT2D eigenvalue weighted by atomic mass is 10.0. The van der Waals surface area contributed by atoms with Crippen molar-refractivity contribution in [2.45, 2.75) is 13.2 Å². The molecule has 0 fully saturated rings. The van der Waals surface area contributed by atoms with Gasteiger partial charge in [-0.3, -0.25) is 4.79 Å². The minimum absolute atomic E-state index is 0.0570. The fraction of sp³-hybridized carbons (Fsp3) is 0.125. The van der Waals surface area contributed by atoms with Crippen LogP contribution in [0.25, 0.3) is 22.6 Å². The van der Waals surface area contributed by atoms with Gasteiger partial charge in [0.1, 0.15) is 18.0 Å². The first-order valence-electron chi connectivity index (χ1n) is 10.1. The highest BCUT2D eigenvalue weighted by atomic mass is 19.3. The summed E-state index contributed by atoms with van der Waals surface area (Å²) in [6.07, 6.45) is 0. The first-order chi connectivity index (χ1) is 16.4. The van der Waals surface area contributed by atoms with E-state index in [1.807, 2.05) is 6.07 Å². The van der Waals surface area contributed by atoms with Crippen molar-refractivity contribution in [3.8, 4) is 34.1 Å². The van der Waals surface area contributed by atoms with Crippen molar-refractivity contribution in [3.05, 3.63) is 83.3 Å². The molecule has 4 aromatic rings. The Labute approximate surface area is 192 Å². The van der Waals surface area contributed by atoms with Crippen LogP contribution in [-0.2, 0) is 11.3 Å². The minimum atomic E-state index is -3.02. The molecule has 0 aliphatic rings. The Hall–Kier alpha value is -4.47. The summed E-state index contributed by atoms with van der Waals surface area (Å²) in [5, 5.41) is 6.68. The molecule has 1 N–H and O–H groups in total. The van der Waals surface area contributed by atoms with Crippen molar-refractivity contribution in [2.75, 3.05) is 12.4 Å². The normalized spacial score (nSPS) is 10.8. The maximum atomic E-state index is 12.9. The summed E-state index contributed by atoms with van der Waals surface area (Å²) < 4.78 is 41.5. The molecule has 174 valence electrons. The van der Waals surface area contributed by atoms with Crippen LogP contribution in [0.4, 0.5) is 14.5 Å². The van der Waals surface area contributed by atoms with Crippen LogP contribution >= 0.6 is 0 Å². The van der Waals surface area contributed by atoms with E-state index >= 15 is 0 Å². The van der Waals surface area contributed by atoms with Crippen LogP contribution < -0.4 is 20.5 Å². The molecule has 1 aromatic heterocycles. The van der Waals surface area contributed by atoms with Crippen molar-refractivity contribution < 1.29 is 27.5 Å². The fourth-order valence-corrected chi connectivity index (χ4v) is 3.24. The number of methoxy groups -OCH3 is 1. The van der Waals surface area contributed by atoms with Gasteiger partial charge in [0.15, 0.2) is 0 Å². The number of carbonyl (C=O) groups excluding carboxylic acids is 1. The van der Waals surface area contributed by atoms with Crippen molar-refractivity contribution in [2.24, 2.45) is 0 Å². The second kappa shape index (κ2) is 9.99. The van der Waals surface area contributed by atoms with E-state index in [1.54, 1.807) is 48.5 Å². The predicted octanol–water partition coefficient (Wildman–Crippen LogP) is 4.42. The molecule has 34 heavy (non-hydrogen) atoms. The number of amides is 1. The van der Waals surface area contributed by atoms with Gasteiger partial charge in [-0.1, -0.05) is 30.3 Å². The third-order valence-corrected chi connectivity index (χ3v) is 4.80. The van der Waals surface area contributed by atoms with Crippen LogP contribution in [0.5, 0.6) is 11.5 Å². The molecule has 10 heteroatoms. The molecule has 1 heterocycles. The first kappa shape index (κ1) is 22.7. The number of nitrogens with zero attached hydrogens (tertiary/aromatic N) is 2. The number of carbonyl (C=O) groups is 1. The lowest BCUT2D eigenvalue weighted by Gasteiger charge is -2.14. The van der Waals surface area contributed by atoms with Gasteiger partial charge < -0.3 is 19.2 Å². The Kier molecular flexibility index (Phi) is 6.67. The highest BCUT2D eigenvalue weighted by molar-refractivity contribution is 5.91. The van der Waals surface area contributed by atoms with Gasteiger partial charge in [0.2, 0.25) is 11.8 Å². The number of hydrogen-bond acceptors (Lipinski definition) is 6. The summed E-state index contributed by atoms with van der Waals surface area (Å²) in [4.78, 5) is 24.6. The zero-order valence-electron chi connectivity index (χ0n) is 17.9. The number of hydrogen-bond donors (Lipinski definition) is 1. The SMILES string of the molecule is COc1ccc(-c2cc(NC(=O)Cn3nc(-c4ccccc4)oc3=O)ccc2OC(F)F)cc1. The molecule has 0 atom stereocenters. The average molecular weight is 467 g/mol. The fourth-order valence-electron chi connectivity index (χ4n) is 3.24. The Bertz CT molecular complexity index is 1330. The number of benzene rings is 3. The smallest absolute Gasteiger partial charge is 0.437 e. The zero-order valence-corrected chi connectivity index (χ0v) is 17.9. The van der Waals surface area contributed by atoms with Crippen LogP contribution in [0.3, 0.4) is 0 Å². The Balaban J connectivity index is 1.55. The molecule has 0 unspecified atom stereocenters. The Morgan fingerprint density at radius 3 is 2.47 bits per heavy atom. The monoisotopic (exact) mass is 467 g/mol. The van der Waals surface area contributed by atoms with Crippen LogP contribution in [-0.4, -0.2) is 29.4 Å². The molecule has 8 nitrogen and oxygen atoms in total. The average Bonchev–Trinajstić information content (AvgIpc) is 3.20. The predicted molar refractivity (Wildman–Crippen MR) is 120 cm³/mol. The van der Waals surface area contributed by atoms with Gasteiger partial charge in [0, 0.05) is 16.8 Å². The first-order valence-corrected chi connectivity index (χ1v) is 10.1. The maximum absolute atomic E-state index is 12.9. The van der Waals surface area contributed by atoms with Crippen molar-refractivity contribution in [1.82, 2.24) is 9.78 Å². The summed E-state index contributed by atoms with van der Waals surface area (Å²) in [7, 11) is 1.51. The van der Waals surface area contributed by atoms with Crippen molar-refractivity contribution in [1.29, 1.82) is 0 Å². The quantitative estimate of drug-likeness (QED) is 0.412. The van der Waals surface area contributed by atoms with E-state index in [9.17, 15) is 18.4 Å². The summed E-state index contributed by atoms with van der Waals surface area (Å²) in [6, 6.07) is 19.7. The molecular formula is C24H19F2N3O5. The topological polar surface area (TPSA) is 95.6 Å². The van der Waals surface area contributed by atoms with Gasteiger partial charge in [-0.2, -0.15) is 13.5 Å². The lowest BCUT2D eigenvalue weighted by molar-refractivity contribution is -0.117. The van der Waals surface area contributed by atoms with Gasteiger partial charge in [-0.05, 0) is 48.0 Å². The highest BCUT2D eigenvalue weighted by Gasteiger charge is 2.16. The highest BCUT2D eigenvalue weighted by Crippen LogP contribution is 2.34.